The summed E-state index contributed by atoms with van der Waals surface area (Å²) in [4.78, 5) is 22.4. The zero-order valence-corrected chi connectivity index (χ0v) is 10.8. The zero-order chi connectivity index (χ0) is 14.7. The van der Waals surface area contributed by atoms with Gasteiger partial charge in [-0.05, 0) is 19.1 Å². The molecule has 2 rings (SSSR count). The molecule has 0 bridgehead atoms. The normalized spacial score (nSPS) is 10.3. The molecule has 0 fully saturated rings. The molecule has 0 aliphatic heterocycles. The highest BCUT2D eigenvalue weighted by Crippen LogP contribution is 2.21. The number of halogens is 1. The molecule has 0 aliphatic rings. The maximum atomic E-state index is 13.6. The van der Waals surface area contributed by atoms with Crippen molar-refractivity contribution >= 4 is 11.5 Å². The maximum absolute atomic E-state index is 13.6. The van der Waals surface area contributed by atoms with Crippen LogP contribution in [0.25, 0.3) is 0 Å². The fourth-order valence-electron chi connectivity index (χ4n) is 1.96. The van der Waals surface area contributed by atoms with Crippen LogP contribution in [0.2, 0.25) is 0 Å². The van der Waals surface area contributed by atoms with Gasteiger partial charge >= 0.3 is 0 Å². The van der Waals surface area contributed by atoms with Crippen molar-refractivity contribution in [3.8, 4) is 0 Å². The lowest BCUT2D eigenvalue weighted by atomic mass is 10.00. The van der Waals surface area contributed by atoms with Gasteiger partial charge in [0.15, 0.2) is 5.78 Å². The molecular weight excluding hydrogens is 261 g/mol. The fourth-order valence-corrected chi connectivity index (χ4v) is 1.96. The number of nitro benzene ring substituents is 1. The summed E-state index contributed by atoms with van der Waals surface area (Å²) in [5.41, 5.74) is 0.873. The van der Waals surface area contributed by atoms with Crippen LogP contribution >= 0.6 is 0 Å². The van der Waals surface area contributed by atoms with Gasteiger partial charge in [-0.25, -0.2) is 4.39 Å². The number of carbonyl (C=O) groups excluding carboxylic acids is 1. The van der Waals surface area contributed by atoms with Gasteiger partial charge in [-0.1, -0.05) is 29.8 Å². The predicted octanol–water partition coefficient (Wildman–Crippen LogP) is 3.47. The quantitative estimate of drug-likeness (QED) is 0.487. The summed E-state index contributed by atoms with van der Waals surface area (Å²) in [5.74, 6) is -1.08. The summed E-state index contributed by atoms with van der Waals surface area (Å²) in [6.07, 6.45) is -0.197. The Kier molecular flexibility index (Phi) is 3.89. The van der Waals surface area contributed by atoms with Crippen LogP contribution in [0.1, 0.15) is 21.5 Å². The van der Waals surface area contributed by atoms with E-state index < -0.39 is 16.5 Å². The van der Waals surface area contributed by atoms with Crippen LogP contribution in [0, 0.1) is 22.9 Å². The topological polar surface area (TPSA) is 60.2 Å². The van der Waals surface area contributed by atoms with E-state index in [1.165, 1.54) is 30.3 Å². The number of hydrogen-bond acceptors (Lipinski definition) is 3. The van der Waals surface area contributed by atoms with Crippen LogP contribution in [0.5, 0.6) is 0 Å². The molecule has 2 aromatic carbocycles. The molecule has 0 radical (unpaired) electrons. The molecule has 0 aliphatic carbocycles. The summed E-state index contributed by atoms with van der Waals surface area (Å²) < 4.78 is 13.6. The Morgan fingerprint density at radius 2 is 1.95 bits per heavy atom. The summed E-state index contributed by atoms with van der Waals surface area (Å²) in [6.45, 7) is 1.75. The molecule has 0 saturated carbocycles. The summed E-state index contributed by atoms with van der Waals surface area (Å²) in [5, 5.41) is 10.9. The second-order valence-corrected chi connectivity index (χ2v) is 4.47. The van der Waals surface area contributed by atoms with E-state index in [4.69, 9.17) is 0 Å². The van der Waals surface area contributed by atoms with Gasteiger partial charge in [0, 0.05) is 18.1 Å². The van der Waals surface area contributed by atoms with Gasteiger partial charge in [0.05, 0.1) is 10.5 Å². The minimum Gasteiger partial charge on any atom is -0.294 e. The van der Waals surface area contributed by atoms with Gasteiger partial charge in [0.1, 0.15) is 5.82 Å². The lowest BCUT2D eigenvalue weighted by Crippen LogP contribution is -2.08. The second-order valence-electron chi connectivity index (χ2n) is 4.47. The molecule has 0 heterocycles. The van der Waals surface area contributed by atoms with E-state index in [1.807, 2.05) is 0 Å². The molecule has 102 valence electrons. The number of Topliss-reactive ketones (excluding diaryl/α,β-unsaturated/α-hetero) is 1. The first-order valence-electron chi connectivity index (χ1n) is 6.00. The Bertz CT molecular complexity index is 683. The molecule has 0 amide bonds. The molecule has 0 atom stereocenters. The number of rotatable bonds is 4. The van der Waals surface area contributed by atoms with Crippen LogP contribution < -0.4 is 0 Å². The van der Waals surface area contributed by atoms with Gasteiger partial charge in [0.2, 0.25) is 0 Å². The smallest absolute Gasteiger partial charge is 0.273 e. The number of hydrogen-bond donors (Lipinski definition) is 0. The molecule has 0 spiro atoms. The molecule has 2 aromatic rings. The predicted molar refractivity (Wildman–Crippen MR) is 72.3 cm³/mol. The average molecular weight is 273 g/mol. The second kappa shape index (κ2) is 5.61. The highest BCUT2D eigenvalue weighted by molar-refractivity contribution is 5.98. The molecule has 0 aromatic heterocycles. The number of nitro groups is 1. The summed E-state index contributed by atoms with van der Waals surface area (Å²) in [7, 11) is 0. The summed E-state index contributed by atoms with van der Waals surface area (Å²) >= 11 is 0. The Morgan fingerprint density at radius 1 is 1.25 bits per heavy atom. The van der Waals surface area contributed by atoms with Crippen molar-refractivity contribution in [3.63, 3.8) is 0 Å². The van der Waals surface area contributed by atoms with Crippen molar-refractivity contribution in [3.05, 3.63) is 75.1 Å². The van der Waals surface area contributed by atoms with Gasteiger partial charge in [0.25, 0.3) is 5.69 Å². The van der Waals surface area contributed by atoms with Crippen LogP contribution in [-0.4, -0.2) is 10.7 Å². The third-order valence-electron chi connectivity index (χ3n) is 2.96. The molecule has 4 nitrogen and oxygen atoms in total. The maximum Gasteiger partial charge on any atom is 0.273 e. The van der Waals surface area contributed by atoms with Crippen molar-refractivity contribution in [2.75, 3.05) is 0 Å². The monoisotopic (exact) mass is 273 g/mol. The lowest BCUT2D eigenvalue weighted by Gasteiger charge is -2.05. The first-order valence-corrected chi connectivity index (χ1v) is 6.00. The van der Waals surface area contributed by atoms with Crippen LogP contribution in [0.4, 0.5) is 10.1 Å². The van der Waals surface area contributed by atoms with Crippen LogP contribution in [0.15, 0.2) is 42.5 Å². The van der Waals surface area contributed by atoms with E-state index in [0.717, 1.165) is 5.56 Å². The van der Waals surface area contributed by atoms with Crippen LogP contribution in [-0.2, 0) is 6.42 Å². The van der Waals surface area contributed by atoms with E-state index in [2.05, 4.69) is 0 Å². The van der Waals surface area contributed by atoms with E-state index in [-0.39, 0.29) is 23.2 Å². The number of carbonyl (C=O) groups is 1. The number of nitrogens with zero attached hydrogens (tertiary/aromatic N) is 1. The number of para-hydroxylation sites is 1. The van der Waals surface area contributed by atoms with Gasteiger partial charge in [-0.2, -0.15) is 0 Å². The SMILES string of the molecule is Cc1ccc(F)c(C(=O)Cc2ccccc2[N+](=O)[O-])c1. The van der Waals surface area contributed by atoms with Gasteiger partial charge in [-0.3, -0.25) is 14.9 Å². The number of benzene rings is 2. The van der Waals surface area contributed by atoms with Crippen molar-refractivity contribution in [1.82, 2.24) is 0 Å². The molecular formula is C15H12FNO3. The molecule has 5 heteroatoms. The Labute approximate surface area is 115 Å². The lowest BCUT2D eigenvalue weighted by molar-refractivity contribution is -0.385. The average Bonchev–Trinajstić information content (AvgIpc) is 2.41. The van der Waals surface area contributed by atoms with Gasteiger partial charge < -0.3 is 0 Å². The first kappa shape index (κ1) is 13.9. The molecule has 20 heavy (non-hydrogen) atoms. The number of aryl methyl sites for hydroxylation is 1. The summed E-state index contributed by atoms with van der Waals surface area (Å²) in [6, 6.07) is 10.2. The molecule has 0 saturated heterocycles. The van der Waals surface area contributed by atoms with E-state index in [0.29, 0.717) is 0 Å². The first-order chi connectivity index (χ1) is 9.49. The van der Waals surface area contributed by atoms with Crippen molar-refractivity contribution in [2.24, 2.45) is 0 Å². The van der Waals surface area contributed by atoms with Gasteiger partial charge in [-0.15, -0.1) is 0 Å². The van der Waals surface area contributed by atoms with Crippen molar-refractivity contribution < 1.29 is 14.1 Å². The van der Waals surface area contributed by atoms with Crippen molar-refractivity contribution in [1.29, 1.82) is 0 Å². The third kappa shape index (κ3) is 2.88. The largest absolute Gasteiger partial charge is 0.294 e. The number of ketones is 1. The van der Waals surface area contributed by atoms with E-state index in [1.54, 1.807) is 19.1 Å². The molecule has 0 unspecified atom stereocenters. The fraction of sp³-hybridized carbons (Fsp3) is 0.133. The third-order valence-corrected chi connectivity index (χ3v) is 2.96. The minimum atomic E-state index is -0.612. The van der Waals surface area contributed by atoms with E-state index >= 15 is 0 Å². The van der Waals surface area contributed by atoms with Crippen LogP contribution in [0.3, 0.4) is 0 Å². The Balaban J connectivity index is 2.33. The van der Waals surface area contributed by atoms with E-state index in [9.17, 15) is 19.3 Å². The Hall–Kier alpha value is -2.56. The minimum absolute atomic E-state index is 0.0387. The highest BCUT2D eigenvalue weighted by atomic mass is 19.1. The standard InChI is InChI=1S/C15H12FNO3/c1-10-6-7-13(16)12(8-10)15(18)9-11-4-2-3-5-14(11)17(19)20/h2-8H,9H2,1H3. The Morgan fingerprint density at radius 3 is 2.65 bits per heavy atom. The zero-order valence-electron chi connectivity index (χ0n) is 10.8. The molecule has 0 N–H and O–H groups in total. The highest BCUT2D eigenvalue weighted by Gasteiger charge is 2.18. The van der Waals surface area contributed by atoms with Crippen molar-refractivity contribution in [2.45, 2.75) is 13.3 Å².